The van der Waals surface area contributed by atoms with E-state index in [4.69, 9.17) is 0 Å². The maximum Gasteiger partial charge on any atom is 0.294 e. The van der Waals surface area contributed by atoms with Crippen LogP contribution in [0.15, 0.2) is 77.9 Å². The van der Waals surface area contributed by atoms with Crippen molar-refractivity contribution in [3.05, 3.63) is 84.1 Å². The summed E-state index contributed by atoms with van der Waals surface area (Å²) in [5.41, 5.74) is 6.19. The van der Waals surface area contributed by atoms with Crippen LogP contribution in [0.25, 0.3) is 5.57 Å². The SMILES string of the molecule is CCCCCCN1C=C/C(=C\C=C\C2=[N+](CC)c3ccc(S(=O)(=O)O)cc3C2(C)C)c2ccccc21. The molecule has 2 aliphatic rings. The Morgan fingerprint density at radius 1 is 1.06 bits per heavy atom. The van der Waals surface area contributed by atoms with E-state index in [9.17, 15) is 13.0 Å². The molecule has 190 valence electrons. The van der Waals surface area contributed by atoms with E-state index in [2.05, 4.69) is 91.9 Å². The Kier molecular flexibility index (Phi) is 7.67. The second kappa shape index (κ2) is 10.6. The Balaban J connectivity index is 1.62. The molecular weight excluding hydrogens is 468 g/mol. The van der Waals surface area contributed by atoms with E-state index in [1.165, 1.54) is 43.0 Å². The lowest BCUT2D eigenvalue weighted by Crippen LogP contribution is -2.27. The van der Waals surface area contributed by atoms with Crippen molar-refractivity contribution >= 4 is 32.8 Å². The third-order valence-corrected chi connectivity index (χ3v) is 8.07. The summed E-state index contributed by atoms with van der Waals surface area (Å²) in [5, 5.41) is 0. The van der Waals surface area contributed by atoms with Crippen molar-refractivity contribution in [2.45, 2.75) is 63.7 Å². The Morgan fingerprint density at radius 2 is 1.83 bits per heavy atom. The lowest BCUT2D eigenvalue weighted by molar-refractivity contribution is -0.433. The predicted molar refractivity (Wildman–Crippen MR) is 149 cm³/mol. The summed E-state index contributed by atoms with van der Waals surface area (Å²) in [7, 11) is -4.26. The molecule has 4 rings (SSSR count). The summed E-state index contributed by atoms with van der Waals surface area (Å²) < 4.78 is 35.2. The van der Waals surface area contributed by atoms with Gasteiger partial charge in [-0.05, 0) is 57.0 Å². The molecule has 0 bridgehead atoms. The van der Waals surface area contributed by atoms with Gasteiger partial charge >= 0.3 is 0 Å². The number of unbranched alkanes of at least 4 members (excludes halogenated alkanes) is 3. The summed E-state index contributed by atoms with van der Waals surface area (Å²) in [6.07, 6.45) is 15.7. The summed E-state index contributed by atoms with van der Waals surface area (Å²) in [6, 6.07) is 13.4. The van der Waals surface area contributed by atoms with Gasteiger partial charge in [0.2, 0.25) is 5.69 Å². The minimum absolute atomic E-state index is 0.0686. The van der Waals surface area contributed by atoms with Gasteiger partial charge in [-0.15, -0.1) is 0 Å². The molecule has 2 heterocycles. The number of benzene rings is 2. The van der Waals surface area contributed by atoms with E-state index in [0.29, 0.717) is 0 Å². The fraction of sp³-hybridized carbons (Fsp3) is 0.367. The zero-order chi connectivity index (χ0) is 25.9. The van der Waals surface area contributed by atoms with E-state index >= 15 is 0 Å². The lowest BCUT2D eigenvalue weighted by atomic mass is 9.81. The molecule has 0 aromatic heterocycles. The molecule has 0 radical (unpaired) electrons. The van der Waals surface area contributed by atoms with Crippen molar-refractivity contribution in [2.75, 3.05) is 18.0 Å². The second-order valence-corrected chi connectivity index (χ2v) is 11.4. The topological polar surface area (TPSA) is 60.6 Å². The smallest absolute Gasteiger partial charge is 0.294 e. The number of allylic oxidation sites excluding steroid dienone is 5. The van der Waals surface area contributed by atoms with Crippen LogP contribution < -0.4 is 4.90 Å². The highest BCUT2D eigenvalue weighted by atomic mass is 32.2. The third-order valence-electron chi connectivity index (χ3n) is 7.22. The second-order valence-electron chi connectivity index (χ2n) is 9.98. The van der Waals surface area contributed by atoms with Gasteiger partial charge in [-0.2, -0.15) is 13.0 Å². The van der Waals surface area contributed by atoms with Crippen molar-refractivity contribution in [3.8, 4) is 0 Å². The maximum absolute atomic E-state index is 11.7. The quantitative estimate of drug-likeness (QED) is 0.229. The van der Waals surface area contributed by atoms with Gasteiger partial charge in [0, 0.05) is 41.7 Å². The first kappa shape index (κ1) is 26.1. The largest absolute Gasteiger partial charge is 0.347 e. The summed E-state index contributed by atoms with van der Waals surface area (Å²) >= 11 is 0. The zero-order valence-electron chi connectivity index (χ0n) is 21.7. The first-order chi connectivity index (χ1) is 17.2. The highest BCUT2D eigenvalue weighted by Crippen LogP contribution is 2.41. The van der Waals surface area contributed by atoms with Crippen molar-refractivity contribution < 1.29 is 17.5 Å². The zero-order valence-corrected chi connectivity index (χ0v) is 22.6. The number of fused-ring (bicyclic) bond motifs is 2. The van der Waals surface area contributed by atoms with Crippen LogP contribution in [0.2, 0.25) is 0 Å². The van der Waals surface area contributed by atoms with E-state index < -0.39 is 15.5 Å². The van der Waals surface area contributed by atoms with E-state index in [-0.39, 0.29) is 4.90 Å². The number of anilines is 1. The van der Waals surface area contributed by atoms with Crippen LogP contribution in [-0.4, -0.2) is 36.3 Å². The molecule has 2 aromatic carbocycles. The fourth-order valence-corrected chi connectivity index (χ4v) is 5.76. The molecule has 0 aliphatic carbocycles. The summed E-state index contributed by atoms with van der Waals surface area (Å²) in [4.78, 5) is 2.28. The lowest BCUT2D eigenvalue weighted by Gasteiger charge is -2.27. The fourth-order valence-electron chi connectivity index (χ4n) is 5.26. The van der Waals surface area contributed by atoms with Crippen LogP contribution >= 0.6 is 0 Å². The Hall–Kier alpha value is -2.96. The van der Waals surface area contributed by atoms with Gasteiger partial charge in [0.1, 0.15) is 6.54 Å². The highest BCUT2D eigenvalue weighted by Gasteiger charge is 2.44. The first-order valence-electron chi connectivity index (χ1n) is 12.9. The van der Waals surface area contributed by atoms with Crippen molar-refractivity contribution in [1.29, 1.82) is 0 Å². The van der Waals surface area contributed by atoms with Crippen LogP contribution in [0, 0.1) is 0 Å². The van der Waals surface area contributed by atoms with Crippen LogP contribution in [-0.2, 0) is 15.5 Å². The van der Waals surface area contributed by atoms with Crippen molar-refractivity contribution in [3.63, 3.8) is 0 Å². The molecule has 0 saturated heterocycles. The molecule has 1 N–H and O–H groups in total. The molecule has 0 saturated carbocycles. The number of hydrogen-bond acceptors (Lipinski definition) is 3. The monoisotopic (exact) mass is 505 g/mol. The Labute approximate surface area is 215 Å². The molecule has 0 atom stereocenters. The normalized spacial score (nSPS) is 17.8. The molecule has 5 nitrogen and oxygen atoms in total. The van der Waals surface area contributed by atoms with Gasteiger partial charge in [-0.25, -0.2) is 0 Å². The predicted octanol–water partition coefficient (Wildman–Crippen LogP) is 6.88. The molecule has 6 heteroatoms. The number of nitrogens with zero attached hydrogens (tertiary/aromatic N) is 2. The minimum Gasteiger partial charge on any atom is -0.347 e. The number of para-hydroxylation sites is 1. The molecule has 0 amide bonds. The van der Waals surface area contributed by atoms with Gasteiger partial charge < -0.3 is 4.90 Å². The van der Waals surface area contributed by atoms with Crippen molar-refractivity contribution in [1.82, 2.24) is 0 Å². The summed E-state index contributed by atoms with van der Waals surface area (Å²) in [6.45, 7) is 10.3. The first-order valence-corrected chi connectivity index (χ1v) is 14.3. The van der Waals surface area contributed by atoms with Gasteiger partial charge in [0.25, 0.3) is 10.1 Å². The van der Waals surface area contributed by atoms with Crippen LogP contribution in [0.3, 0.4) is 0 Å². The van der Waals surface area contributed by atoms with Crippen LogP contribution in [0.1, 0.15) is 64.5 Å². The standard InChI is InChI=1S/C30H36N2O3S/c1-5-7-8-11-20-31-21-19-23(25-14-9-10-15-27(25)31)13-12-16-29-30(3,4)26-22-24(36(33,34)35)17-18-28(26)32(29)6-2/h9-10,12-19,21-22H,5-8,11,20H2,1-4H3/p+1. The highest BCUT2D eigenvalue weighted by molar-refractivity contribution is 7.85. The van der Waals surface area contributed by atoms with Gasteiger partial charge in [-0.3, -0.25) is 4.55 Å². The molecule has 2 aliphatic heterocycles. The van der Waals surface area contributed by atoms with Crippen LogP contribution in [0.4, 0.5) is 11.4 Å². The molecule has 36 heavy (non-hydrogen) atoms. The van der Waals surface area contributed by atoms with E-state index in [0.717, 1.165) is 35.6 Å². The molecular formula is C30H37N2O3S+. The molecule has 0 fully saturated rings. The maximum atomic E-state index is 11.7. The van der Waals surface area contributed by atoms with Gasteiger partial charge in [0.15, 0.2) is 5.71 Å². The molecule has 2 aromatic rings. The average Bonchev–Trinajstić information content (AvgIpc) is 3.07. The third kappa shape index (κ3) is 5.11. The average molecular weight is 506 g/mol. The number of rotatable bonds is 9. The Morgan fingerprint density at radius 3 is 2.56 bits per heavy atom. The minimum atomic E-state index is -4.26. The number of hydrogen-bond donors (Lipinski definition) is 1. The van der Waals surface area contributed by atoms with Gasteiger partial charge in [-0.1, -0.05) is 56.5 Å². The van der Waals surface area contributed by atoms with E-state index in [1.54, 1.807) is 12.1 Å². The summed E-state index contributed by atoms with van der Waals surface area (Å²) in [5.74, 6) is 0. The molecule has 0 unspecified atom stereocenters. The van der Waals surface area contributed by atoms with Gasteiger partial charge in [0.05, 0.1) is 10.3 Å². The Bertz CT molecular complexity index is 1360. The van der Waals surface area contributed by atoms with E-state index in [1.807, 2.05) is 0 Å². The van der Waals surface area contributed by atoms with Crippen LogP contribution in [0.5, 0.6) is 0 Å². The van der Waals surface area contributed by atoms with Crippen molar-refractivity contribution in [2.24, 2.45) is 0 Å². The molecule has 0 spiro atoms.